The summed E-state index contributed by atoms with van der Waals surface area (Å²) in [5.74, 6) is -0.539. The molecule has 0 aliphatic rings. The van der Waals surface area contributed by atoms with Gasteiger partial charge in [-0.2, -0.15) is 0 Å². The highest BCUT2D eigenvalue weighted by molar-refractivity contribution is 7.45. The number of likely N-dealkylation sites (N-methyl/N-ethyl adjacent to an activating group) is 1. The van der Waals surface area contributed by atoms with E-state index in [1.165, 1.54) is 173 Å². The summed E-state index contributed by atoms with van der Waals surface area (Å²) in [4.78, 5) is 39.8. The molecule has 0 aliphatic carbocycles. The summed E-state index contributed by atoms with van der Waals surface area (Å²) in [6.45, 7) is 6.83. The maximum absolute atomic E-state index is 13.4. The van der Waals surface area contributed by atoms with Crippen molar-refractivity contribution in [3.8, 4) is 0 Å². The Morgan fingerprint density at radius 2 is 0.855 bits per heavy atom. The zero-order valence-electron chi connectivity index (χ0n) is 46.5. The summed E-state index contributed by atoms with van der Waals surface area (Å²) in [6.07, 6.45) is 57.1. The molecule has 0 bridgehead atoms. The number of phosphoric ester groups is 1. The van der Waals surface area contributed by atoms with E-state index < -0.39 is 20.0 Å². The van der Waals surface area contributed by atoms with Gasteiger partial charge >= 0.3 is 5.97 Å². The van der Waals surface area contributed by atoms with Crippen LogP contribution >= 0.6 is 7.82 Å². The van der Waals surface area contributed by atoms with Crippen LogP contribution in [0.25, 0.3) is 0 Å². The van der Waals surface area contributed by atoms with Crippen LogP contribution in [0, 0.1) is 0 Å². The van der Waals surface area contributed by atoms with E-state index in [4.69, 9.17) is 13.8 Å². The lowest BCUT2D eigenvalue weighted by atomic mass is 10.0. The molecule has 1 N–H and O–H groups in total. The van der Waals surface area contributed by atoms with Crippen LogP contribution in [0.4, 0.5) is 0 Å². The van der Waals surface area contributed by atoms with Crippen molar-refractivity contribution < 1.29 is 37.3 Å². The number of unbranched alkanes of at least 4 members (excludes halogenated alkanes) is 36. The topological polar surface area (TPSA) is 114 Å². The predicted octanol–water partition coefficient (Wildman–Crippen LogP) is 17.1. The van der Waals surface area contributed by atoms with Gasteiger partial charge in [0.15, 0.2) is 0 Å². The van der Waals surface area contributed by atoms with Crippen LogP contribution in [0.3, 0.4) is 0 Å². The molecule has 0 aromatic rings. The zero-order chi connectivity index (χ0) is 50.8. The third kappa shape index (κ3) is 51.2. The maximum atomic E-state index is 13.4. The number of nitrogens with zero attached hydrogens (tertiary/aromatic N) is 1. The first-order chi connectivity index (χ1) is 33.4. The van der Waals surface area contributed by atoms with E-state index in [1.807, 2.05) is 33.3 Å². The number of hydrogen-bond acceptors (Lipinski definition) is 7. The minimum Gasteiger partial charge on any atom is -0.756 e. The number of nitrogens with one attached hydrogen (secondary N) is 1. The number of hydrogen-bond donors (Lipinski definition) is 1. The van der Waals surface area contributed by atoms with Crippen molar-refractivity contribution in [1.29, 1.82) is 0 Å². The second kappa shape index (κ2) is 50.0. The molecular weight excluding hydrogens is 880 g/mol. The van der Waals surface area contributed by atoms with Crippen LogP contribution in [0.15, 0.2) is 24.3 Å². The van der Waals surface area contributed by atoms with Crippen LogP contribution in [-0.2, 0) is 27.9 Å². The molecule has 1 amide bonds. The molecule has 0 saturated carbocycles. The number of carbonyl (C=O) groups is 2. The van der Waals surface area contributed by atoms with Gasteiger partial charge in [0.1, 0.15) is 19.3 Å². The first-order valence-corrected chi connectivity index (χ1v) is 31.1. The summed E-state index contributed by atoms with van der Waals surface area (Å²) >= 11 is 0. The number of esters is 1. The van der Waals surface area contributed by atoms with E-state index in [2.05, 4.69) is 38.2 Å². The third-order valence-corrected chi connectivity index (χ3v) is 14.3. The van der Waals surface area contributed by atoms with Crippen LogP contribution in [-0.4, -0.2) is 69.4 Å². The molecule has 0 aliphatic heterocycles. The molecule has 0 spiro atoms. The lowest BCUT2D eigenvalue weighted by molar-refractivity contribution is -0.870. The molecule has 69 heavy (non-hydrogen) atoms. The van der Waals surface area contributed by atoms with E-state index in [-0.39, 0.29) is 31.5 Å². The Bertz CT molecular complexity index is 1240. The molecule has 0 heterocycles. The lowest BCUT2D eigenvalue weighted by Crippen LogP contribution is -2.47. The Hall–Kier alpha value is -1.51. The average molecular weight is 996 g/mol. The fraction of sp³-hybridized carbons (Fsp3) is 0.898. The smallest absolute Gasteiger partial charge is 0.306 e. The predicted molar refractivity (Wildman–Crippen MR) is 293 cm³/mol. The minimum atomic E-state index is -4.69. The summed E-state index contributed by atoms with van der Waals surface area (Å²) in [5.41, 5.74) is 0. The van der Waals surface area contributed by atoms with Gasteiger partial charge in [-0.3, -0.25) is 14.2 Å². The monoisotopic (exact) mass is 995 g/mol. The van der Waals surface area contributed by atoms with Gasteiger partial charge in [0.2, 0.25) is 5.91 Å². The molecule has 0 aromatic carbocycles. The Morgan fingerprint density at radius 1 is 0.493 bits per heavy atom. The highest BCUT2D eigenvalue weighted by Crippen LogP contribution is 2.38. The van der Waals surface area contributed by atoms with Crippen molar-refractivity contribution in [2.75, 3.05) is 40.9 Å². The first-order valence-electron chi connectivity index (χ1n) is 29.6. The summed E-state index contributed by atoms with van der Waals surface area (Å²) in [7, 11) is 1.19. The van der Waals surface area contributed by atoms with Gasteiger partial charge < -0.3 is 28.5 Å². The number of amides is 1. The molecular formula is C59H115N2O7P. The second-order valence-corrected chi connectivity index (χ2v) is 22.9. The maximum Gasteiger partial charge on any atom is 0.306 e. The molecule has 9 nitrogen and oxygen atoms in total. The standard InChI is InChI=1S/C59H115N2O7P/c1-7-10-13-16-19-22-25-27-28-29-30-31-32-34-37-40-43-46-49-52-59(63)68-57(50-47-44-41-38-36-33-26-23-20-17-14-11-8-2)56(55-67-69(64,65)66-54-53-61(4,5)6)60-58(62)51-48-45-42-39-35-24-21-18-15-12-9-3/h18,21,47,50,56-57H,7-17,19-20,22-46,48-49,51-55H2,1-6H3,(H-,60,62,64,65)/b21-18-,50-47-. The number of ether oxygens (including phenoxy) is 1. The molecule has 10 heteroatoms. The number of rotatable bonds is 54. The number of phosphoric acid groups is 1. The van der Waals surface area contributed by atoms with E-state index in [0.717, 1.165) is 83.5 Å². The number of allylic oxidation sites excluding steroid dienone is 3. The molecule has 3 atom stereocenters. The minimum absolute atomic E-state index is 0.0207. The van der Waals surface area contributed by atoms with Crippen molar-refractivity contribution in [2.45, 2.75) is 303 Å². The Balaban J connectivity index is 5.24. The van der Waals surface area contributed by atoms with Crippen molar-refractivity contribution in [2.24, 2.45) is 0 Å². The fourth-order valence-electron chi connectivity index (χ4n) is 8.74. The van der Waals surface area contributed by atoms with Crippen LogP contribution < -0.4 is 10.2 Å². The molecule has 408 valence electrons. The van der Waals surface area contributed by atoms with Gasteiger partial charge in [-0.05, 0) is 51.0 Å². The van der Waals surface area contributed by atoms with Crippen molar-refractivity contribution in [3.63, 3.8) is 0 Å². The molecule has 0 radical (unpaired) electrons. The van der Waals surface area contributed by atoms with Crippen LogP contribution in [0.5, 0.6) is 0 Å². The lowest BCUT2D eigenvalue weighted by Gasteiger charge is -2.30. The zero-order valence-corrected chi connectivity index (χ0v) is 47.4. The van der Waals surface area contributed by atoms with Gasteiger partial charge in [-0.25, -0.2) is 0 Å². The Kier molecular flexibility index (Phi) is 48.9. The van der Waals surface area contributed by atoms with Gasteiger partial charge in [-0.1, -0.05) is 251 Å². The third-order valence-electron chi connectivity index (χ3n) is 13.4. The largest absolute Gasteiger partial charge is 0.756 e. The average Bonchev–Trinajstić information content (AvgIpc) is 3.31. The van der Waals surface area contributed by atoms with Crippen molar-refractivity contribution in [1.82, 2.24) is 5.32 Å². The summed E-state index contributed by atoms with van der Waals surface area (Å²) < 4.78 is 30.2. The van der Waals surface area contributed by atoms with Gasteiger partial charge in [0.05, 0.1) is 33.8 Å². The Morgan fingerprint density at radius 3 is 1.28 bits per heavy atom. The van der Waals surface area contributed by atoms with Gasteiger partial charge in [0.25, 0.3) is 7.82 Å². The highest BCUT2D eigenvalue weighted by Gasteiger charge is 2.27. The normalized spacial score (nSPS) is 13.9. The van der Waals surface area contributed by atoms with Crippen molar-refractivity contribution in [3.05, 3.63) is 24.3 Å². The van der Waals surface area contributed by atoms with Gasteiger partial charge in [0, 0.05) is 12.8 Å². The SMILES string of the molecule is CCCC/C=C\CCCCCCCC(=O)NC(COP(=O)([O-])OCC[N+](C)(C)C)C(/C=C\CCCCCCCCCCCCC)OC(=O)CCCCCCCCCCCCCCCCCCCCC. The molecule has 0 saturated heterocycles. The summed E-state index contributed by atoms with van der Waals surface area (Å²) in [5, 5.41) is 3.02. The second-order valence-electron chi connectivity index (χ2n) is 21.5. The Labute approximate surface area is 428 Å². The van der Waals surface area contributed by atoms with Crippen LogP contribution in [0.1, 0.15) is 290 Å². The molecule has 0 fully saturated rings. The van der Waals surface area contributed by atoms with E-state index in [9.17, 15) is 19.0 Å². The summed E-state index contributed by atoms with van der Waals surface area (Å²) in [6, 6.07) is -0.885. The van der Waals surface area contributed by atoms with Crippen molar-refractivity contribution >= 4 is 19.7 Å². The highest BCUT2D eigenvalue weighted by atomic mass is 31.2. The van der Waals surface area contributed by atoms with Crippen LogP contribution in [0.2, 0.25) is 0 Å². The molecule has 3 unspecified atom stereocenters. The van der Waals surface area contributed by atoms with E-state index in [1.54, 1.807) is 0 Å². The molecule has 0 rings (SSSR count). The number of carbonyl (C=O) groups excluding carboxylic acids is 2. The fourth-order valence-corrected chi connectivity index (χ4v) is 9.46. The van der Waals surface area contributed by atoms with E-state index >= 15 is 0 Å². The number of quaternary nitrogens is 1. The van der Waals surface area contributed by atoms with E-state index in [0.29, 0.717) is 17.4 Å². The quantitative estimate of drug-likeness (QED) is 0.0212. The molecule has 0 aromatic heterocycles. The first kappa shape index (κ1) is 67.5. The van der Waals surface area contributed by atoms with Gasteiger partial charge in [-0.15, -0.1) is 0 Å².